The molecule has 0 bridgehead atoms. The van der Waals surface area contributed by atoms with Crippen LogP contribution in [0.5, 0.6) is 5.75 Å². The van der Waals surface area contributed by atoms with E-state index in [0.29, 0.717) is 17.9 Å². The van der Waals surface area contributed by atoms with E-state index in [4.69, 9.17) is 9.47 Å². The third kappa shape index (κ3) is 4.05. The number of nitro groups is 1. The van der Waals surface area contributed by atoms with E-state index in [1.54, 1.807) is 6.07 Å². The third-order valence-electron chi connectivity index (χ3n) is 7.11. The zero-order chi connectivity index (χ0) is 26.4. The highest BCUT2D eigenvalue weighted by molar-refractivity contribution is 5.95. The van der Waals surface area contributed by atoms with Crippen LogP contribution in [0.15, 0.2) is 48.5 Å². The van der Waals surface area contributed by atoms with E-state index >= 15 is 0 Å². The van der Waals surface area contributed by atoms with Crippen molar-refractivity contribution in [1.82, 2.24) is 5.32 Å². The van der Waals surface area contributed by atoms with Crippen molar-refractivity contribution in [2.45, 2.75) is 43.9 Å². The summed E-state index contributed by atoms with van der Waals surface area (Å²) < 4.78 is 16.5. The number of carbonyl (C=O) groups is 3. The highest BCUT2D eigenvalue weighted by Crippen LogP contribution is 2.54. The quantitative estimate of drug-likeness (QED) is 0.258. The van der Waals surface area contributed by atoms with Crippen molar-refractivity contribution >= 4 is 35.5 Å². The molecule has 0 aromatic heterocycles. The Labute approximate surface area is 212 Å². The van der Waals surface area contributed by atoms with Gasteiger partial charge < -0.3 is 24.4 Å². The lowest BCUT2D eigenvalue weighted by atomic mass is 9.76. The minimum atomic E-state index is -0.968. The molecule has 1 unspecified atom stereocenters. The molecule has 11 nitrogen and oxygen atoms in total. The number of fused-ring (bicyclic) bond motifs is 2. The number of anilines is 1. The van der Waals surface area contributed by atoms with Gasteiger partial charge in [-0.25, -0.2) is 9.59 Å². The largest absolute Gasteiger partial charge is 0.464 e. The van der Waals surface area contributed by atoms with Crippen LogP contribution < -0.4 is 15.0 Å². The van der Waals surface area contributed by atoms with Crippen molar-refractivity contribution in [2.75, 3.05) is 18.1 Å². The summed E-state index contributed by atoms with van der Waals surface area (Å²) in [6, 6.07) is 11.5. The maximum absolute atomic E-state index is 12.3. The van der Waals surface area contributed by atoms with Gasteiger partial charge in [0.15, 0.2) is 0 Å². The molecule has 3 aliphatic heterocycles. The van der Waals surface area contributed by atoms with Crippen LogP contribution in [0.3, 0.4) is 0 Å². The molecule has 1 spiro atoms. The number of cyclic esters (lactones) is 2. The average Bonchev–Trinajstić information content (AvgIpc) is 3.28. The number of hydrogen-bond donors (Lipinski definition) is 1. The highest BCUT2D eigenvalue weighted by atomic mass is 16.6. The van der Waals surface area contributed by atoms with Crippen molar-refractivity contribution in [3.8, 4) is 5.75 Å². The summed E-state index contributed by atoms with van der Waals surface area (Å²) in [7, 11) is 0. The normalized spacial score (nSPS) is 22.6. The maximum atomic E-state index is 12.3. The Bertz CT molecular complexity index is 1340. The van der Waals surface area contributed by atoms with E-state index in [1.807, 2.05) is 41.3 Å². The summed E-state index contributed by atoms with van der Waals surface area (Å²) in [6.45, 7) is 4.49. The molecule has 1 saturated heterocycles. The van der Waals surface area contributed by atoms with Crippen LogP contribution in [-0.4, -0.2) is 47.9 Å². The van der Waals surface area contributed by atoms with Gasteiger partial charge in [0, 0.05) is 29.8 Å². The molecular formula is C26H25N3O8. The number of carbonyl (C=O) groups excluding carboxylic acids is 3. The number of amides is 1. The van der Waals surface area contributed by atoms with E-state index < -0.39 is 40.1 Å². The average molecular weight is 507 g/mol. The van der Waals surface area contributed by atoms with E-state index in [1.165, 1.54) is 12.1 Å². The van der Waals surface area contributed by atoms with Crippen molar-refractivity contribution in [3.63, 3.8) is 0 Å². The molecule has 3 aliphatic rings. The SMILES string of the molecule is CC1(C)c2ccccc2N(CCOC(=O)CC[C@@H]2NC(=O)OC2=O)C12C=Cc1cc([N+](=O)[O-])ccc1O2. The predicted octanol–water partition coefficient (Wildman–Crippen LogP) is 3.45. The van der Waals surface area contributed by atoms with Crippen molar-refractivity contribution < 1.29 is 33.5 Å². The number of nitro benzene ring substituents is 1. The Kier molecular flexibility index (Phi) is 5.85. The molecule has 1 fully saturated rings. The molecule has 2 aromatic carbocycles. The van der Waals surface area contributed by atoms with Crippen LogP contribution in [0.4, 0.5) is 16.2 Å². The van der Waals surface area contributed by atoms with Crippen LogP contribution >= 0.6 is 0 Å². The molecule has 2 aromatic rings. The summed E-state index contributed by atoms with van der Waals surface area (Å²) in [5, 5.41) is 13.6. The van der Waals surface area contributed by atoms with Crippen LogP contribution in [0.2, 0.25) is 0 Å². The van der Waals surface area contributed by atoms with Crippen LogP contribution in [0.1, 0.15) is 37.8 Å². The second-order valence-electron chi connectivity index (χ2n) is 9.57. The number of para-hydroxylation sites is 1. The number of ether oxygens (including phenoxy) is 3. The lowest BCUT2D eigenvalue weighted by molar-refractivity contribution is -0.384. The Balaban J connectivity index is 1.34. The molecule has 0 radical (unpaired) electrons. The predicted molar refractivity (Wildman–Crippen MR) is 131 cm³/mol. The topological polar surface area (TPSA) is 137 Å². The molecule has 0 saturated carbocycles. The zero-order valence-electron chi connectivity index (χ0n) is 20.3. The van der Waals surface area contributed by atoms with Gasteiger partial charge in [0.2, 0.25) is 5.72 Å². The maximum Gasteiger partial charge on any atom is 0.415 e. The second kappa shape index (κ2) is 8.91. The number of nitrogens with one attached hydrogen (secondary N) is 1. The summed E-state index contributed by atoms with van der Waals surface area (Å²) in [5.74, 6) is -0.698. The van der Waals surface area contributed by atoms with E-state index in [2.05, 4.69) is 23.9 Å². The first kappa shape index (κ1) is 24.3. The monoisotopic (exact) mass is 507 g/mol. The number of nitrogens with zero attached hydrogens (tertiary/aromatic N) is 2. The van der Waals surface area contributed by atoms with E-state index in [-0.39, 0.29) is 25.1 Å². The van der Waals surface area contributed by atoms with Gasteiger partial charge in [0.25, 0.3) is 5.69 Å². The molecule has 3 heterocycles. The number of rotatable bonds is 7. The van der Waals surface area contributed by atoms with Crippen molar-refractivity contribution in [2.24, 2.45) is 0 Å². The first-order valence-corrected chi connectivity index (χ1v) is 11.8. The fourth-order valence-electron chi connectivity index (χ4n) is 5.16. The number of alkyl carbamates (subject to hydrolysis) is 1. The van der Waals surface area contributed by atoms with Crippen molar-refractivity contribution in [3.05, 3.63) is 69.8 Å². The Morgan fingerprint density at radius 2 is 2.00 bits per heavy atom. The second-order valence-corrected chi connectivity index (χ2v) is 9.57. The number of hydrogen-bond acceptors (Lipinski definition) is 9. The van der Waals surface area contributed by atoms with Crippen LogP contribution in [0, 0.1) is 10.1 Å². The molecule has 0 aliphatic carbocycles. The first-order chi connectivity index (χ1) is 17.6. The molecule has 37 heavy (non-hydrogen) atoms. The molecule has 1 amide bonds. The molecule has 5 rings (SSSR count). The highest BCUT2D eigenvalue weighted by Gasteiger charge is 2.58. The molecule has 1 N–H and O–H groups in total. The van der Waals surface area contributed by atoms with Gasteiger partial charge in [0.1, 0.15) is 18.4 Å². The Morgan fingerprint density at radius 3 is 2.73 bits per heavy atom. The molecule has 11 heteroatoms. The minimum Gasteiger partial charge on any atom is -0.464 e. The Hall–Kier alpha value is -4.41. The smallest absolute Gasteiger partial charge is 0.415 e. The fraction of sp³-hybridized carbons (Fsp3) is 0.346. The van der Waals surface area contributed by atoms with E-state index in [9.17, 15) is 24.5 Å². The number of benzene rings is 2. The van der Waals surface area contributed by atoms with Gasteiger partial charge in [-0.1, -0.05) is 18.2 Å². The zero-order valence-corrected chi connectivity index (χ0v) is 20.3. The number of non-ortho nitro benzene ring substituents is 1. The fourth-order valence-corrected chi connectivity index (χ4v) is 5.16. The molecule has 192 valence electrons. The van der Waals surface area contributed by atoms with Gasteiger partial charge >= 0.3 is 18.0 Å². The van der Waals surface area contributed by atoms with Gasteiger partial charge in [-0.3, -0.25) is 14.9 Å². The molecule has 2 atom stereocenters. The van der Waals surface area contributed by atoms with Gasteiger partial charge in [-0.2, -0.15) is 0 Å². The number of esters is 2. The third-order valence-corrected chi connectivity index (χ3v) is 7.11. The minimum absolute atomic E-state index is 0.0221. The lowest BCUT2D eigenvalue weighted by Crippen LogP contribution is -2.60. The first-order valence-electron chi connectivity index (χ1n) is 11.8. The summed E-state index contributed by atoms with van der Waals surface area (Å²) in [4.78, 5) is 47.8. The lowest BCUT2D eigenvalue weighted by Gasteiger charge is -2.47. The molecular weight excluding hydrogens is 482 g/mol. The van der Waals surface area contributed by atoms with Gasteiger partial charge in [0.05, 0.1) is 16.9 Å². The van der Waals surface area contributed by atoms with Gasteiger partial charge in [-0.15, -0.1) is 0 Å². The van der Waals surface area contributed by atoms with E-state index in [0.717, 1.165) is 11.3 Å². The summed E-state index contributed by atoms with van der Waals surface area (Å²) >= 11 is 0. The summed E-state index contributed by atoms with van der Waals surface area (Å²) in [6.07, 6.45) is 2.93. The van der Waals surface area contributed by atoms with Gasteiger partial charge in [-0.05, 0) is 50.1 Å². The van der Waals surface area contributed by atoms with Crippen LogP contribution in [-0.2, 0) is 24.5 Å². The van der Waals surface area contributed by atoms with Crippen LogP contribution in [0.25, 0.3) is 6.08 Å². The van der Waals surface area contributed by atoms with Crippen molar-refractivity contribution in [1.29, 1.82) is 0 Å². The summed E-state index contributed by atoms with van der Waals surface area (Å²) in [5.41, 5.74) is 1.07. The standard InChI is InChI=1S/C26H25N3O8/c1-25(2)18-5-3-4-6-20(18)28(13-14-35-22(30)10-8-19-23(31)36-24(32)27-19)26(25)12-11-16-15-17(29(33)34)7-9-21(16)37-26/h3-7,9,11-12,15,19H,8,10,13-14H2,1-2H3,(H,27,32)/t19-,26?/m0/s1. The Morgan fingerprint density at radius 1 is 1.22 bits per heavy atom.